The van der Waals surface area contributed by atoms with E-state index in [0.717, 1.165) is 37.5 Å². The molecule has 0 spiro atoms. The molecule has 2 aliphatic rings. The number of rotatable bonds is 5. The van der Waals surface area contributed by atoms with Crippen molar-refractivity contribution >= 4 is 5.69 Å². The van der Waals surface area contributed by atoms with Gasteiger partial charge in [0.05, 0.1) is 19.5 Å². The predicted molar refractivity (Wildman–Crippen MR) is 108 cm³/mol. The molecule has 0 aliphatic carbocycles. The maximum Gasteiger partial charge on any atom is 0.168 e. The van der Waals surface area contributed by atoms with Crippen LogP contribution in [0.3, 0.4) is 0 Å². The van der Waals surface area contributed by atoms with E-state index in [0.29, 0.717) is 24.7 Å². The second-order valence-corrected chi connectivity index (χ2v) is 7.01. The van der Waals surface area contributed by atoms with Gasteiger partial charge in [-0.2, -0.15) is 0 Å². The third-order valence-electron chi connectivity index (χ3n) is 5.22. The van der Waals surface area contributed by atoms with Crippen LogP contribution in [-0.2, 0) is 0 Å². The Balaban J connectivity index is 1.33. The lowest BCUT2D eigenvalue weighted by Crippen LogP contribution is -2.47. The first-order chi connectivity index (χ1) is 13.7. The highest BCUT2D eigenvalue weighted by Gasteiger charge is 2.21. The molecule has 0 bridgehead atoms. The summed E-state index contributed by atoms with van der Waals surface area (Å²) in [5.74, 6) is 2.22. The fourth-order valence-electron chi connectivity index (χ4n) is 3.57. The Labute approximate surface area is 165 Å². The average Bonchev–Trinajstić information content (AvgIpc) is 2.99. The summed E-state index contributed by atoms with van der Waals surface area (Å²) in [6.07, 6.45) is 2.88. The van der Waals surface area contributed by atoms with Crippen molar-refractivity contribution in [2.24, 2.45) is 0 Å². The van der Waals surface area contributed by atoms with Gasteiger partial charge in [0.15, 0.2) is 11.5 Å². The first kappa shape index (κ1) is 18.7. The molecule has 0 radical (unpaired) electrons. The number of aliphatic hydroxyl groups is 1. The fourth-order valence-corrected chi connectivity index (χ4v) is 3.57. The molecule has 6 nitrogen and oxygen atoms in total. The van der Waals surface area contributed by atoms with Gasteiger partial charge in [0, 0.05) is 38.4 Å². The zero-order chi connectivity index (χ0) is 19.3. The first-order valence-electron chi connectivity index (χ1n) is 9.61. The molecule has 0 aromatic heterocycles. The van der Waals surface area contributed by atoms with Crippen LogP contribution in [0.2, 0.25) is 0 Å². The minimum absolute atomic E-state index is 0.493. The zero-order valence-electron chi connectivity index (χ0n) is 16.1. The number of piperazine rings is 1. The van der Waals surface area contributed by atoms with Crippen LogP contribution in [0.4, 0.5) is 5.69 Å². The maximum atomic E-state index is 10.7. The average molecular weight is 382 g/mol. The van der Waals surface area contributed by atoms with Crippen molar-refractivity contribution in [1.82, 2.24) is 4.90 Å². The summed E-state index contributed by atoms with van der Waals surface area (Å²) < 4.78 is 16.4. The summed E-state index contributed by atoms with van der Waals surface area (Å²) in [6, 6.07) is 13.8. The van der Waals surface area contributed by atoms with Crippen LogP contribution in [0.25, 0.3) is 0 Å². The topological polar surface area (TPSA) is 54.4 Å². The minimum Gasteiger partial charge on any atom is -0.497 e. The van der Waals surface area contributed by atoms with Crippen LogP contribution in [-0.4, -0.2) is 56.4 Å². The van der Waals surface area contributed by atoms with Crippen molar-refractivity contribution in [2.75, 3.05) is 51.3 Å². The minimum atomic E-state index is -0.561. The van der Waals surface area contributed by atoms with Crippen LogP contribution >= 0.6 is 0 Å². The van der Waals surface area contributed by atoms with Crippen LogP contribution in [0.15, 0.2) is 54.8 Å². The third-order valence-corrected chi connectivity index (χ3v) is 5.22. The number of ether oxygens (including phenoxy) is 3. The highest BCUT2D eigenvalue weighted by atomic mass is 16.5. The Morgan fingerprint density at radius 3 is 2.57 bits per heavy atom. The lowest BCUT2D eigenvalue weighted by molar-refractivity contribution is 0.109. The number of nitrogens with zero attached hydrogens (tertiary/aromatic N) is 2. The van der Waals surface area contributed by atoms with Crippen molar-refractivity contribution in [2.45, 2.75) is 6.10 Å². The van der Waals surface area contributed by atoms with E-state index in [4.69, 9.17) is 14.2 Å². The summed E-state index contributed by atoms with van der Waals surface area (Å²) in [7, 11) is 1.68. The van der Waals surface area contributed by atoms with Gasteiger partial charge in [0.25, 0.3) is 0 Å². The molecule has 28 heavy (non-hydrogen) atoms. The van der Waals surface area contributed by atoms with Gasteiger partial charge in [-0.05, 0) is 48.0 Å². The van der Waals surface area contributed by atoms with Gasteiger partial charge in [0.2, 0.25) is 0 Å². The fraction of sp³-hybridized carbons (Fsp3) is 0.364. The summed E-state index contributed by atoms with van der Waals surface area (Å²) in [5, 5.41) is 10.7. The number of fused-ring (bicyclic) bond motifs is 1. The number of methoxy groups -OCH3 is 1. The highest BCUT2D eigenvalue weighted by Crippen LogP contribution is 2.32. The molecule has 1 unspecified atom stereocenters. The van der Waals surface area contributed by atoms with E-state index in [1.165, 1.54) is 5.69 Å². The quantitative estimate of drug-likeness (QED) is 0.858. The van der Waals surface area contributed by atoms with Crippen LogP contribution in [0.5, 0.6) is 17.2 Å². The summed E-state index contributed by atoms with van der Waals surface area (Å²) >= 11 is 0. The zero-order valence-corrected chi connectivity index (χ0v) is 16.1. The first-order valence-corrected chi connectivity index (χ1v) is 9.61. The maximum absolute atomic E-state index is 10.7. The number of hydrogen-bond acceptors (Lipinski definition) is 6. The van der Waals surface area contributed by atoms with E-state index < -0.39 is 6.10 Å². The SMILES string of the molecule is COc1ccc(N2CCN(CC(O)c3ccc4c(c3)OC=CCO4)CC2)cc1. The second kappa shape index (κ2) is 8.54. The molecule has 1 saturated heterocycles. The molecule has 2 heterocycles. The van der Waals surface area contributed by atoms with Gasteiger partial charge in [-0.1, -0.05) is 6.07 Å². The molecule has 2 aromatic carbocycles. The molecule has 2 aliphatic heterocycles. The Kier molecular flexibility index (Phi) is 5.69. The number of aliphatic hydroxyl groups excluding tert-OH is 1. The van der Waals surface area contributed by atoms with Crippen molar-refractivity contribution in [3.05, 3.63) is 60.4 Å². The lowest BCUT2D eigenvalue weighted by atomic mass is 10.1. The molecule has 2 aromatic rings. The number of benzene rings is 2. The Morgan fingerprint density at radius 1 is 1.04 bits per heavy atom. The van der Waals surface area contributed by atoms with Gasteiger partial charge in [-0.15, -0.1) is 0 Å². The van der Waals surface area contributed by atoms with Crippen molar-refractivity contribution in [3.8, 4) is 17.2 Å². The van der Waals surface area contributed by atoms with Crippen molar-refractivity contribution in [1.29, 1.82) is 0 Å². The van der Waals surface area contributed by atoms with Crippen molar-refractivity contribution in [3.63, 3.8) is 0 Å². The smallest absolute Gasteiger partial charge is 0.168 e. The number of hydrogen-bond donors (Lipinski definition) is 1. The monoisotopic (exact) mass is 382 g/mol. The lowest BCUT2D eigenvalue weighted by Gasteiger charge is -2.37. The molecule has 6 heteroatoms. The standard InChI is InChI=1S/C22H26N2O4/c1-26-19-6-4-18(5-7-19)24-11-9-23(10-12-24)16-20(25)17-3-8-21-22(15-17)28-14-2-13-27-21/h2-8,14-15,20,25H,9-13,16H2,1H3. The normalized spacial score (nSPS) is 17.9. The van der Waals surface area contributed by atoms with Crippen LogP contribution in [0.1, 0.15) is 11.7 Å². The largest absolute Gasteiger partial charge is 0.497 e. The molecule has 1 atom stereocenters. The molecule has 0 amide bonds. The van der Waals surface area contributed by atoms with Gasteiger partial charge in [-0.25, -0.2) is 0 Å². The van der Waals surface area contributed by atoms with Crippen LogP contribution in [0, 0.1) is 0 Å². The molecule has 0 saturated carbocycles. The highest BCUT2D eigenvalue weighted by molar-refractivity contribution is 5.49. The van der Waals surface area contributed by atoms with Gasteiger partial charge in [0.1, 0.15) is 12.4 Å². The van der Waals surface area contributed by atoms with E-state index in [1.54, 1.807) is 13.4 Å². The molecular formula is C22H26N2O4. The second-order valence-electron chi connectivity index (χ2n) is 7.01. The third kappa shape index (κ3) is 4.24. The van der Waals surface area contributed by atoms with Crippen molar-refractivity contribution < 1.29 is 19.3 Å². The summed E-state index contributed by atoms with van der Waals surface area (Å²) in [5.41, 5.74) is 2.05. The molecule has 148 valence electrons. The molecule has 1 N–H and O–H groups in total. The number of anilines is 1. The van der Waals surface area contributed by atoms with E-state index in [1.807, 2.05) is 36.4 Å². The molecular weight excluding hydrogens is 356 g/mol. The molecule has 4 rings (SSSR count). The van der Waals surface area contributed by atoms with E-state index in [-0.39, 0.29) is 0 Å². The van der Waals surface area contributed by atoms with Gasteiger partial charge >= 0.3 is 0 Å². The van der Waals surface area contributed by atoms with E-state index >= 15 is 0 Å². The summed E-state index contributed by atoms with van der Waals surface area (Å²) in [4.78, 5) is 4.66. The van der Waals surface area contributed by atoms with E-state index in [9.17, 15) is 5.11 Å². The Hall–Kier alpha value is -2.70. The van der Waals surface area contributed by atoms with E-state index in [2.05, 4.69) is 21.9 Å². The van der Waals surface area contributed by atoms with Crippen LogP contribution < -0.4 is 19.1 Å². The molecule has 1 fully saturated rings. The Morgan fingerprint density at radius 2 is 1.82 bits per heavy atom. The van der Waals surface area contributed by atoms with Gasteiger partial charge in [-0.3, -0.25) is 4.90 Å². The summed E-state index contributed by atoms with van der Waals surface area (Å²) in [6.45, 7) is 4.79. The number of β-amino-alcohol motifs (C(OH)–C–C–N with tert-alkyl or cyclic N) is 1. The van der Waals surface area contributed by atoms with Gasteiger partial charge < -0.3 is 24.2 Å². The predicted octanol–water partition coefficient (Wildman–Crippen LogP) is 2.84. The Bertz CT molecular complexity index is 814.